The van der Waals surface area contributed by atoms with E-state index in [1.54, 1.807) is 6.92 Å². The van der Waals surface area contributed by atoms with Crippen molar-refractivity contribution in [2.45, 2.75) is 39.2 Å². The van der Waals surface area contributed by atoms with Crippen LogP contribution >= 0.6 is 0 Å². The zero-order valence-electron chi connectivity index (χ0n) is 10.9. The van der Waals surface area contributed by atoms with Gasteiger partial charge in [-0.15, -0.1) is 0 Å². The van der Waals surface area contributed by atoms with Crippen molar-refractivity contribution in [2.24, 2.45) is 5.92 Å². The van der Waals surface area contributed by atoms with Crippen molar-refractivity contribution in [1.82, 2.24) is 16.0 Å². The third-order valence-corrected chi connectivity index (χ3v) is 3.14. The highest BCUT2D eigenvalue weighted by molar-refractivity contribution is 6.37. The highest BCUT2D eigenvalue weighted by atomic mass is 16.2. The molecule has 0 aromatic carbocycles. The van der Waals surface area contributed by atoms with E-state index in [1.807, 2.05) is 6.92 Å². The van der Waals surface area contributed by atoms with Gasteiger partial charge in [0.25, 0.3) is 0 Å². The highest BCUT2D eigenvalue weighted by Gasteiger charge is 2.25. The van der Waals surface area contributed by atoms with Gasteiger partial charge in [0.1, 0.15) is 0 Å². The summed E-state index contributed by atoms with van der Waals surface area (Å²) in [5.41, 5.74) is 0. The van der Waals surface area contributed by atoms with Gasteiger partial charge in [-0.05, 0) is 39.3 Å². The van der Waals surface area contributed by atoms with Crippen molar-refractivity contribution in [1.29, 1.82) is 0 Å². The molecule has 1 aliphatic heterocycles. The maximum Gasteiger partial charge on any atom is 0.315 e. The molecule has 1 heterocycles. The molecular weight excluding hydrogens is 234 g/mol. The van der Waals surface area contributed by atoms with Crippen LogP contribution in [0.5, 0.6) is 0 Å². The van der Waals surface area contributed by atoms with Crippen LogP contribution in [0.25, 0.3) is 0 Å². The van der Waals surface area contributed by atoms with Gasteiger partial charge in [-0.3, -0.25) is 19.7 Å². The van der Waals surface area contributed by atoms with Gasteiger partial charge in [0.05, 0.1) is 0 Å². The summed E-state index contributed by atoms with van der Waals surface area (Å²) in [4.78, 5) is 34.7. The first-order valence-electron chi connectivity index (χ1n) is 6.41. The lowest BCUT2D eigenvalue weighted by Gasteiger charge is -2.21. The predicted octanol–water partition coefficient (Wildman–Crippen LogP) is -0.456. The minimum atomic E-state index is -0.862. The van der Waals surface area contributed by atoms with Crippen LogP contribution in [0.3, 0.4) is 0 Å². The number of carbonyl (C=O) groups excluding carboxylic acids is 3. The molecule has 1 saturated heterocycles. The SMILES string of the molecule is CCC(C)NC(=O)C(=O)NC(=O)C1CCNCC1. The summed E-state index contributed by atoms with van der Waals surface area (Å²) in [6, 6.07) is -0.0720. The van der Waals surface area contributed by atoms with Crippen LogP contribution in [-0.2, 0) is 14.4 Å². The van der Waals surface area contributed by atoms with Crippen molar-refractivity contribution in [3.63, 3.8) is 0 Å². The van der Waals surface area contributed by atoms with E-state index in [-0.39, 0.29) is 17.9 Å². The summed E-state index contributed by atoms with van der Waals surface area (Å²) in [5.74, 6) is -2.13. The number of imide groups is 1. The predicted molar refractivity (Wildman–Crippen MR) is 66.6 cm³/mol. The lowest BCUT2D eigenvalue weighted by molar-refractivity contribution is -0.143. The van der Waals surface area contributed by atoms with E-state index in [2.05, 4.69) is 16.0 Å². The first-order chi connectivity index (χ1) is 8.54. The number of rotatable bonds is 3. The molecule has 0 bridgehead atoms. The van der Waals surface area contributed by atoms with E-state index in [9.17, 15) is 14.4 Å². The smallest absolute Gasteiger partial charge is 0.315 e. The molecule has 0 aliphatic carbocycles. The van der Waals surface area contributed by atoms with E-state index in [0.717, 1.165) is 19.5 Å². The largest absolute Gasteiger partial charge is 0.345 e. The molecule has 3 N–H and O–H groups in total. The Bertz CT molecular complexity index is 325. The second-order valence-corrected chi connectivity index (χ2v) is 4.63. The van der Waals surface area contributed by atoms with Gasteiger partial charge < -0.3 is 10.6 Å². The zero-order valence-corrected chi connectivity index (χ0v) is 10.9. The highest BCUT2D eigenvalue weighted by Crippen LogP contribution is 2.11. The van der Waals surface area contributed by atoms with Crippen molar-refractivity contribution in [3.8, 4) is 0 Å². The molecule has 18 heavy (non-hydrogen) atoms. The lowest BCUT2D eigenvalue weighted by Crippen LogP contribution is -2.48. The van der Waals surface area contributed by atoms with Crippen molar-refractivity contribution in [2.75, 3.05) is 13.1 Å². The van der Waals surface area contributed by atoms with Gasteiger partial charge in [-0.2, -0.15) is 0 Å². The molecule has 6 nitrogen and oxygen atoms in total. The molecule has 0 radical (unpaired) electrons. The summed E-state index contributed by atoms with van der Waals surface area (Å²) in [5, 5.41) is 7.82. The van der Waals surface area contributed by atoms with Crippen molar-refractivity contribution >= 4 is 17.7 Å². The molecule has 0 saturated carbocycles. The van der Waals surface area contributed by atoms with E-state index in [1.165, 1.54) is 0 Å². The maximum atomic E-state index is 11.7. The summed E-state index contributed by atoms with van der Waals surface area (Å²) in [7, 11) is 0. The molecule has 0 aromatic rings. The monoisotopic (exact) mass is 255 g/mol. The molecule has 1 atom stereocenters. The molecule has 1 aliphatic rings. The topological polar surface area (TPSA) is 87.3 Å². The summed E-state index contributed by atoms with van der Waals surface area (Å²) < 4.78 is 0. The molecule has 0 aromatic heterocycles. The number of amides is 3. The molecule has 6 heteroatoms. The fourth-order valence-electron chi connectivity index (χ4n) is 1.75. The Morgan fingerprint density at radius 1 is 1.22 bits per heavy atom. The van der Waals surface area contributed by atoms with E-state index in [4.69, 9.17) is 0 Å². The summed E-state index contributed by atoms with van der Waals surface area (Å²) in [6.07, 6.45) is 2.14. The van der Waals surface area contributed by atoms with Gasteiger partial charge in [0, 0.05) is 12.0 Å². The van der Waals surface area contributed by atoms with Gasteiger partial charge in [0.2, 0.25) is 5.91 Å². The van der Waals surface area contributed by atoms with E-state index in [0.29, 0.717) is 12.8 Å². The molecule has 1 fully saturated rings. The van der Waals surface area contributed by atoms with Gasteiger partial charge >= 0.3 is 11.8 Å². The fraction of sp³-hybridized carbons (Fsp3) is 0.750. The summed E-state index contributed by atoms with van der Waals surface area (Å²) in [6.45, 7) is 5.25. The Balaban J connectivity index is 2.38. The zero-order chi connectivity index (χ0) is 13.5. The maximum absolute atomic E-state index is 11.7. The molecule has 0 spiro atoms. The minimum Gasteiger partial charge on any atom is -0.345 e. The molecule has 102 valence electrons. The molecule has 1 rings (SSSR count). The number of piperidine rings is 1. The lowest BCUT2D eigenvalue weighted by atomic mass is 9.97. The standard InChI is InChI=1S/C12H21N3O3/c1-3-8(2)14-11(17)12(18)15-10(16)9-4-6-13-7-5-9/h8-9,13H,3-7H2,1-2H3,(H,14,17)(H,15,16,18). The minimum absolute atomic E-state index is 0.0720. The van der Waals surface area contributed by atoms with Crippen LogP contribution in [0, 0.1) is 5.92 Å². The number of carbonyl (C=O) groups is 3. The third-order valence-electron chi connectivity index (χ3n) is 3.14. The quantitative estimate of drug-likeness (QED) is 0.596. The third kappa shape index (κ3) is 4.44. The number of hydrogen-bond acceptors (Lipinski definition) is 4. The van der Waals surface area contributed by atoms with Crippen LogP contribution in [-0.4, -0.2) is 36.9 Å². The van der Waals surface area contributed by atoms with E-state index < -0.39 is 11.8 Å². The first-order valence-corrected chi connectivity index (χ1v) is 6.41. The summed E-state index contributed by atoms with van der Waals surface area (Å²) >= 11 is 0. The fourth-order valence-corrected chi connectivity index (χ4v) is 1.75. The Morgan fingerprint density at radius 3 is 2.39 bits per heavy atom. The number of hydrogen-bond donors (Lipinski definition) is 3. The van der Waals surface area contributed by atoms with Crippen molar-refractivity contribution in [3.05, 3.63) is 0 Å². The molecule has 3 amide bonds. The Hall–Kier alpha value is -1.43. The van der Waals surface area contributed by atoms with Crippen LogP contribution in [0.15, 0.2) is 0 Å². The van der Waals surface area contributed by atoms with Crippen LogP contribution in [0.1, 0.15) is 33.1 Å². The average molecular weight is 255 g/mol. The molecular formula is C12H21N3O3. The first kappa shape index (κ1) is 14.6. The Kier molecular flexibility index (Phi) is 5.77. The van der Waals surface area contributed by atoms with Crippen LogP contribution in [0.2, 0.25) is 0 Å². The van der Waals surface area contributed by atoms with Gasteiger partial charge in [0.15, 0.2) is 0 Å². The van der Waals surface area contributed by atoms with Gasteiger partial charge in [-0.25, -0.2) is 0 Å². The van der Waals surface area contributed by atoms with E-state index >= 15 is 0 Å². The average Bonchev–Trinajstić information content (AvgIpc) is 2.39. The Labute approximate surface area is 107 Å². The second-order valence-electron chi connectivity index (χ2n) is 4.63. The van der Waals surface area contributed by atoms with Gasteiger partial charge in [-0.1, -0.05) is 6.92 Å². The van der Waals surface area contributed by atoms with Crippen LogP contribution in [0.4, 0.5) is 0 Å². The number of nitrogens with one attached hydrogen (secondary N) is 3. The molecule has 1 unspecified atom stereocenters. The van der Waals surface area contributed by atoms with Crippen LogP contribution < -0.4 is 16.0 Å². The second kappa shape index (κ2) is 7.10. The normalized spacial score (nSPS) is 17.9. The Morgan fingerprint density at radius 2 is 1.83 bits per heavy atom. The van der Waals surface area contributed by atoms with Crippen molar-refractivity contribution < 1.29 is 14.4 Å².